The van der Waals surface area contributed by atoms with Crippen LogP contribution in [-0.2, 0) is 11.2 Å². The second kappa shape index (κ2) is 9.69. The van der Waals surface area contributed by atoms with E-state index in [1.807, 2.05) is 31.2 Å². The molecule has 0 bridgehead atoms. The second-order valence-electron chi connectivity index (χ2n) is 5.36. The monoisotopic (exact) mass is 360 g/mol. The summed E-state index contributed by atoms with van der Waals surface area (Å²) in [5.74, 6) is 1.12. The van der Waals surface area contributed by atoms with Gasteiger partial charge in [-0.25, -0.2) is 5.43 Å². The molecular weight excluding hydrogens is 340 g/mol. The lowest BCUT2D eigenvalue weighted by Gasteiger charge is -2.10. The Morgan fingerprint density at radius 2 is 1.96 bits per heavy atom. The summed E-state index contributed by atoms with van der Waals surface area (Å²) in [4.78, 5) is 11.9. The highest BCUT2D eigenvalue weighted by atomic mass is 35.5. The predicted octanol–water partition coefficient (Wildman–Crippen LogP) is 3.83. The van der Waals surface area contributed by atoms with E-state index in [0.29, 0.717) is 23.1 Å². The molecule has 2 rings (SSSR count). The van der Waals surface area contributed by atoms with Crippen molar-refractivity contribution in [2.75, 3.05) is 13.7 Å². The van der Waals surface area contributed by atoms with Crippen LogP contribution in [0, 0.1) is 0 Å². The Kier molecular flexibility index (Phi) is 7.29. The van der Waals surface area contributed by atoms with Crippen LogP contribution in [0.3, 0.4) is 0 Å². The normalized spacial score (nSPS) is 10.7. The van der Waals surface area contributed by atoms with Gasteiger partial charge in [0.25, 0.3) is 0 Å². The van der Waals surface area contributed by atoms with Crippen molar-refractivity contribution in [3.63, 3.8) is 0 Å². The number of halogens is 1. The smallest absolute Gasteiger partial charge is 0.244 e. The molecule has 0 fully saturated rings. The zero-order valence-corrected chi connectivity index (χ0v) is 15.0. The molecule has 0 saturated heterocycles. The summed E-state index contributed by atoms with van der Waals surface area (Å²) in [5.41, 5.74) is 4.18. The van der Waals surface area contributed by atoms with Gasteiger partial charge in [-0.3, -0.25) is 4.79 Å². The Morgan fingerprint density at radius 3 is 2.64 bits per heavy atom. The van der Waals surface area contributed by atoms with E-state index in [9.17, 15) is 4.79 Å². The third-order valence-electron chi connectivity index (χ3n) is 3.33. The highest BCUT2D eigenvalue weighted by molar-refractivity contribution is 6.30. The molecular formula is C19H21ClN2O3. The van der Waals surface area contributed by atoms with Gasteiger partial charge >= 0.3 is 0 Å². The van der Waals surface area contributed by atoms with Crippen LogP contribution in [0.15, 0.2) is 47.6 Å². The maximum atomic E-state index is 11.9. The topological polar surface area (TPSA) is 59.9 Å². The van der Waals surface area contributed by atoms with Crippen molar-refractivity contribution in [1.29, 1.82) is 0 Å². The van der Waals surface area contributed by atoms with Crippen molar-refractivity contribution < 1.29 is 14.3 Å². The van der Waals surface area contributed by atoms with Crippen LogP contribution in [0.25, 0.3) is 0 Å². The Bertz CT molecular complexity index is 730. The van der Waals surface area contributed by atoms with Crippen LogP contribution >= 0.6 is 11.6 Å². The minimum absolute atomic E-state index is 0.201. The van der Waals surface area contributed by atoms with Crippen molar-refractivity contribution in [3.8, 4) is 11.5 Å². The average molecular weight is 361 g/mol. The SMILES string of the molecule is CCCOc1ccc(/C=N\NC(=O)Cc2ccc(Cl)cc2)cc1OC. The number of amides is 1. The minimum Gasteiger partial charge on any atom is -0.493 e. The largest absolute Gasteiger partial charge is 0.493 e. The molecule has 0 aliphatic carbocycles. The first-order valence-electron chi connectivity index (χ1n) is 7.99. The third kappa shape index (κ3) is 6.12. The third-order valence-corrected chi connectivity index (χ3v) is 3.58. The lowest BCUT2D eigenvalue weighted by Crippen LogP contribution is -2.19. The molecule has 5 nitrogen and oxygen atoms in total. The number of ether oxygens (including phenoxy) is 2. The molecule has 0 aromatic heterocycles. The second-order valence-corrected chi connectivity index (χ2v) is 5.79. The molecule has 0 unspecified atom stereocenters. The van der Waals surface area contributed by atoms with E-state index in [4.69, 9.17) is 21.1 Å². The Labute approximate surface area is 152 Å². The standard InChI is InChI=1S/C19H21ClN2O3/c1-3-10-25-17-9-6-15(11-18(17)24-2)13-21-22-19(23)12-14-4-7-16(20)8-5-14/h4-9,11,13H,3,10,12H2,1-2H3,(H,22,23)/b21-13-. The Hall–Kier alpha value is -2.53. The maximum absolute atomic E-state index is 11.9. The summed E-state index contributed by atoms with van der Waals surface area (Å²) < 4.78 is 10.9. The van der Waals surface area contributed by atoms with E-state index < -0.39 is 0 Å². The van der Waals surface area contributed by atoms with E-state index in [1.165, 1.54) is 0 Å². The molecule has 2 aromatic rings. The summed E-state index contributed by atoms with van der Waals surface area (Å²) in [6, 6.07) is 12.6. The van der Waals surface area contributed by atoms with E-state index in [-0.39, 0.29) is 12.3 Å². The van der Waals surface area contributed by atoms with Crippen LogP contribution in [-0.4, -0.2) is 25.8 Å². The van der Waals surface area contributed by atoms with Gasteiger partial charge in [-0.15, -0.1) is 0 Å². The summed E-state index contributed by atoms with van der Waals surface area (Å²) >= 11 is 5.82. The Balaban J connectivity index is 1.92. The zero-order valence-electron chi connectivity index (χ0n) is 14.3. The van der Waals surface area contributed by atoms with Gasteiger partial charge in [0.1, 0.15) is 0 Å². The maximum Gasteiger partial charge on any atom is 0.244 e. The molecule has 0 saturated carbocycles. The van der Waals surface area contributed by atoms with Gasteiger partial charge in [0.15, 0.2) is 11.5 Å². The van der Waals surface area contributed by atoms with Crippen LogP contribution < -0.4 is 14.9 Å². The minimum atomic E-state index is -0.201. The van der Waals surface area contributed by atoms with E-state index in [2.05, 4.69) is 10.5 Å². The number of hydrogen-bond acceptors (Lipinski definition) is 4. The van der Waals surface area contributed by atoms with Gasteiger partial charge in [0.05, 0.1) is 26.4 Å². The molecule has 2 aromatic carbocycles. The van der Waals surface area contributed by atoms with Gasteiger partial charge in [-0.2, -0.15) is 5.10 Å². The van der Waals surface area contributed by atoms with Gasteiger partial charge in [0.2, 0.25) is 5.91 Å². The number of carbonyl (C=O) groups is 1. The van der Waals surface area contributed by atoms with Crippen molar-refractivity contribution in [2.24, 2.45) is 5.10 Å². The van der Waals surface area contributed by atoms with Gasteiger partial charge in [-0.1, -0.05) is 30.7 Å². The van der Waals surface area contributed by atoms with E-state index in [0.717, 1.165) is 17.5 Å². The fourth-order valence-corrected chi connectivity index (χ4v) is 2.23. The fraction of sp³-hybridized carbons (Fsp3) is 0.263. The molecule has 0 aliphatic rings. The van der Waals surface area contributed by atoms with Crippen LogP contribution in [0.5, 0.6) is 11.5 Å². The number of hydrazone groups is 1. The summed E-state index contributed by atoms with van der Waals surface area (Å²) in [5, 5.41) is 4.62. The molecule has 25 heavy (non-hydrogen) atoms. The highest BCUT2D eigenvalue weighted by Gasteiger charge is 2.05. The molecule has 0 heterocycles. The number of nitrogens with one attached hydrogen (secondary N) is 1. The first-order valence-corrected chi connectivity index (χ1v) is 8.37. The molecule has 0 radical (unpaired) electrons. The lowest BCUT2D eigenvalue weighted by atomic mass is 10.1. The number of methoxy groups -OCH3 is 1. The van der Waals surface area contributed by atoms with Gasteiger partial charge < -0.3 is 9.47 Å². The highest BCUT2D eigenvalue weighted by Crippen LogP contribution is 2.27. The lowest BCUT2D eigenvalue weighted by molar-refractivity contribution is -0.120. The zero-order chi connectivity index (χ0) is 18.1. The van der Waals surface area contributed by atoms with Gasteiger partial charge in [0, 0.05) is 5.02 Å². The van der Waals surface area contributed by atoms with Crippen molar-refractivity contribution in [3.05, 3.63) is 58.6 Å². The van der Waals surface area contributed by atoms with Crippen molar-refractivity contribution in [2.45, 2.75) is 19.8 Å². The summed E-state index contributed by atoms with van der Waals surface area (Å²) in [7, 11) is 1.59. The molecule has 1 amide bonds. The number of hydrogen-bond donors (Lipinski definition) is 1. The van der Waals surface area contributed by atoms with E-state index in [1.54, 1.807) is 31.5 Å². The predicted molar refractivity (Wildman–Crippen MR) is 99.7 cm³/mol. The summed E-state index contributed by atoms with van der Waals surface area (Å²) in [6.07, 6.45) is 2.72. The number of nitrogens with zero attached hydrogens (tertiary/aromatic N) is 1. The van der Waals surface area contributed by atoms with Crippen LogP contribution in [0.4, 0.5) is 0 Å². The summed E-state index contributed by atoms with van der Waals surface area (Å²) in [6.45, 7) is 2.67. The number of benzene rings is 2. The van der Waals surface area contributed by atoms with E-state index >= 15 is 0 Å². The quantitative estimate of drug-likeness (QED) is 0.575. The Morgan fingerprint density at radius 1 is 1.20 bits per heavy atom. The number of carbonyl (C=O) groups excluding carboxylic acids is 1. The number of rotatable bonds is 8. The van der Waals surface area contributed by atoms with Gasteiger partial charge in [-0.05, 0) is 47.9 Å². The van der Waals surface area contributed by atoms with Crippen LogP contribution in [0.2, 0.25) is 5.02 Å². The molecule has 0 atom stereocenters. The first-order chi connectivity index (χ1) is 12.1. The molecule has 132 valence electrons. The molecule has 1 N–H and O–H groups in total. The average Bonchev–Trinajstić information content (AvgIpc) is 2.62. The fourth-order valence-electron chi connectivity index (χ4n) is 2.10. The van der Waals surface area contributed by atoms with Crippen LogP contribution in [0.1, 0.15) is 24.5 Å². The van der Waals surface area contributed by atoms with Crippen molar-refractivity contribution >= 4 is 23.7 Å². The van der Waals surface area contributed by atoms with Crippen molar-refractivity contribution in [1.82, 2.24) is 5.43 Å². The first kappa shape index (κ1) is 18.8. The molecule has 6 heteroatoms. The molecule has 0 aliphatic heterocycles. The molecule has 0 spiro atoms.